The number of rotatable bonds is 2. The summed E-state index contributed by atoms with van der Waals surface area (Å²) < 4.78 is 2.09. The van der Waals surface area contributed by atoms with Crippen molar-refractivity contribution < 1.29 is 0 Å². The van der Waals surface area contributed by atoms with Gasteiger partial charge in [0.2, 0.25) is 0 Å². The van der Waals surface area contributed by atoms with Crippen LogP contribution in [0.3, 0.4) is 0 Å². The maximum atomic E-state index is 6.02. The highest BCUT2D eigenvalue weighted by Gasteiger charge is 2.04. The number of fused-ring (bicyclic) bond motifs is 1. The molecule has 0 radical (unpaired) electrons. The fourth-order valence-electron chi connectivity index (χ4n) is 1.98. The van der Waals surface area contributed by atoms with Crippen molar-refractivity contribution in [3.05, 3.63) is 64.4 Å². The molecule has 0 fully saturated rings. The summed E-state index contributed by atoms with van der Waals surface area (Å²) in [5, 5.41) is 2.30. The highest BCUT2D eigenvalue weighted by atomic mass is 35.5. The third kappa shape index (κ3) is 2.09. The number of hydrogen-bond acceptors (Lipinski definition) is 1. The fourth-order valence-corrected chi connectivity index (χ4v) is 2.30. The molecule has 90 valence electrons. The highest BCUT2D eigenvalue weighted by molar-refractivity contribution is 6.42. The maximum Gasteiger partial charge on any atom is 0.140 e. The summed E-state index contributed by atoms with van der Waals surface area (Å²) in [7, 11) is 0. The van der Waals surface area contributed by atoms with Crippen LogP contribution in [0.15, 0.2) is 48.8 Å². The van der Waals surface area contributed by atoms with Crippen molar-refractivity contribution in [1.82, 2.24) is 9.55 Å². The number of pyridine rings is 1. The minimum Gasteiger partial charge on any atom is -0.328 e. The minimum atomic E-state index is 0.580. The van der Waals surface area contributed by atoms with Crippen LogP contribution in [0.2, 0.25) is 10.0 Å². The van der Waals surface area contributed by atoms with Gasteiger partial charge in [-0.2, -0.15) is 0 Å². The largest absolute Gasteiger partial charge is 0.328 e. The fraction of sp³-hybridized carbons (Fsp3) is 0.0714. The molecule has 0 atom stereocenters. The van der Waals surface area contributed by atoms with Crippen molar-refractivity contribution in [1.29, 1.82) is 0 Å². The van der Waals surface area contributed by atoms with E-state index in [4.69, 9.17) is 23.2 Å². The number of hydrogen-bond donors (Lipinski definition) is 0. The van der Waals surface area contributed by atoms with Gasteiger partial charge in [-0.1, -0.05) is 29.3 Å². The molecule has 3 aromatic rings. The van der Waals surface area contributed by atoms with E-state index in [1.165, 1.54) is 0 Å². The van der Waals surface area contributed by atoms with Crippen molar-refractivity contribution in [3.63, 3.8) is 0 Å². The number of halogens is 2. The molecule has 0 spiro atoms. The van der Waals surface area contributed by atoms with E-state index in [2.05, 4.69) is 15.6 Å². The molecule has 0 N–H and O–H groups in total. The molecule has 2 heterocycles. The third-order valence-corrected chi connectivity index (χ3v) is 3.60. The second-order valence-electron chi connectivity index (χ2n) is 4.11. The van der Waals surface area contributed by atoms with E-state index in [9.17, 15) is 0 Å². The van der Waals surface area contributed by atoms with Crippen molar-refractivity contribution in [2.75, 3.05) is 0 Å². The first-order valence-corrected chi connectivity index (χ1v) is 6.33. The molecule has 0 amide bonds. The normalized spacial score (nSPS) is 11.0. The lowest BCUT2D eigenvalue weighted by Crippen LogP contribution is -1.98. The molecule has 0 aliphatic rings. The van der Waals surface area contributed by atoms with Gasteiger partial charge in [0, 0.05) is 24.3 Å². The first-order chi connectivity index (χ1) is 8.74. The standard InChI is InChI=1S/C14H10Cl2N2/c15-12-4-3-10(8-13(12)16)9-18-7-5-11-2-1-6-17-14(11)18/h1-8H,9H2. The lowest BCUT2D eigenvalue weighted by Gasteiger charge is -2.06. The predicted molar refractivity (Wildman–Crippen MR) is 75.3 cm³/mol. The van der Waals surface area contributed by atoms with Gasteiger partial charge < -0.3 is 4.57 Å². The number of benzene rings is 1. The topological polar surface area (TPSA) is 17.8 Å². The van der Waals surface area contributed by atoms with Crippen LogP contribution >= 0.6 is 23.2 Å². The Bertz CT molecular complexity index is 704. The molecule has 0 saturated carbocycles. The van der Waals surface area contributed by atoms with Gasteiger partial charge in [-0.3, -0.25) is 0 Å². The van der Waals surface area contributed by atoms with Crippen molar-refractivity contribution >= 4 is 34.2 Å². The Morgan fingerprint density at radius 3 is 2.78 bits per heavy atom. The molecule has 0 aliphatic carbocycles. The Morgan fingerprint density at radius 1 is 1.06 bits per heavy atom. The highest BCUT2D eigenvalue weighted by Crippen LogP contribution is 2.23. The van der Waals surface area contributed by atoms with Crippen LogP contribution in [-0.4, -0.2) is 9.55 Å². The van der Waals surface area contributed by atoms with E-state index in [0.717, 1.165) is 23.1 Å². The van der Waals surface area contributed by atoms with Gasteiger partial charge >= 0.3 is 0 Å². The predicted octanol–water partition coefficient (Wildman–Crippen LogP) is 4.39. The van der Waals surface area contributed by atoms with E-state index in [-0.39, 0.29) is 0 Å². The molecule has 0 aliphatic heterocycles. The molecule has 0 unspecified atom stereocenters. The van der Waals surface area contributed by atoms with Gasteiger partial charge in [0.25, 0.3) is 0 Å². The monoisotopic (exact) mass is 276 g/mol. The van der Waals surface area contributed by atoms with E-state index < -0.39 is 0 Å². The van der Waals surface area contributed by atoms with Crippen molar-refractivity contribution in [3.8, 4) is 0 Å². The van der Waals surface area contributed by atoms with Crippen LogP contribution in [0, 0.1) is 0 Å². The molecule has 3 rings (SSSR count). The van der Waals surface area contributed by atoms with Gasteiger partial charge in [-0.15, -0.1) is 0 Å². The SMILES string of the molecule is Clc1ccc(Cn2ccc3cccnc32)cc1Cl. The minimum absolute atomic E-state index is 0.580. The number of aromatic nitrogens is 2. The molecule has 2 aromatic heterocycles. The lowest BCUT2D eigenvalue weighted by atomic mass is 10.2. The van der Waals surface area contributed by atoms with Crippen LogP contribution in [0.5, 0.6) is 0 Å². The summed E-state index contributed by atoms with van der Waals surface area (Å²) >= 11 is 11.9. The van der Waals surface area contributed by atoms with E-state index in [0.29, 0.717) is 10.0 Å². The molecular weight excluding hydrogens is 267 g/mol. The molecule has 4 heteroatoms. The van der Waals surface area contributed by atoms with Gasteiger partial charge in [0.1, 0.15) is 5.65 Å². The zero-order valence-electron chi connectivity index (χ0n) is 9.48. The smallest absolute Gasteiger partial charge is 0.140 e. The molecule has 0 bridgehead atoms. The molecular formula is C14H10Cl2N2. The van der Waals surface area contributed by atoms with Gasteiger partial charge in [-0.25, -0.2) is 4.98 Å². The van der Waals surface area contributed by atoms with E-state index >= 15 is 0 Å². The van der Waals surface area contributed by atoms with Crippen LogP contribution in [0.1, 0.15) is 5.56 Å². The van der Waals surface area contributed by atoms with E-state index in [1.54, 1.807) is 6.20 Å². The average molecular weight is 277 g/mol. The van der Waals surface area contributed by atoms with Gasteiger partial charge in [-0.05, 0) is 35.9 Å². The van der Waals surface area contributed by atoms with Crippen LogP contribution < -0.4 is 0 Å². The molecule has 2 nitrogen and oxygen atoms in total. The Kier molecular flexibility index (Phi) is 2.98. The van der Waals surface area contributed by atoms with Crippen LogP contribution in [0.25, 0.3) is 11.0 Å². The summed E-state index contributed by atoms with van der Waals surface area (Å²) in [6.45, 7) is 0.734. The van der Waals surface area contributed by atoms with Crippen LogP contribution in [0.4, 0.5) is 0 Å². The molecule has 18 heavy (non-hydrogen) atoms. The lowest BCUT2D eigenvalue weighted by molar-refractivity contribution is 0.825. The second-order valence-corrected chi connectivity index (χ2v) is 4.92. The zero-order chi connectivity index (χ0) is 12.5. The second kappa shape index (κ2) is 4.63. The quantitative estimate of drug-likeness (QED) is 0.679. The Hall–Kier alpha value is -1.51. The average Bonchev–Trinajstić information content (AvgIpc) is 2.78. The van der Waals surface area contributed by atoms with Crippen LogP contribution in [-0.2, 0) is 6.54 Å². The summed E-state index contributed by atoms with van der Waals surface area (Å²) in [4.78, 5) is 4.38. The summed E-state index contributed by atoms with van der Waals surface area (Å²) in [5.74, 6) is 0. The maximum absolute atomic E-state index is 6.02. The summed E-state index contributed by atoms with van der Waals surface area (Å²) in [6.07, 6.45) is 3.83. The molecule has 1 aromatic carbocycles. The first kappa shape index (κ1) is 11.6. The van der Waals surface area contributed by atoms with Crippen molar-refractivity contribution in [2.45, 2.75) is 6.54 Å². The first-order valence-electron chi connectivity index (χ1n) is 5.58. The molecule has 0 saturated heterocycles. The summed E-state index contributed by atoms with van der Waals surface area (Å²) in [6, 6.07) is 11.7. The Labute approximate surface area is 115 Å². The van der Waals surface area contributed by atoms with Gasteiger partial charge in [0.15, 0.2) is 0 Å². The third-order valence-electron chi connectivity index (χ3n) is 2.86. The Balaban J connectivity index is 1.98. The Morgan fingerprint density at radius 2 is 1.94 bits per heavy atom. The summed E-state index contributed by atoms with van der Waals surface area (Å²) in [5.41, 5.74) is 2.08. The number of nitrogens with zero attached hydrogens (tertiary/aromatic N) is 2. The van der Waals surface area contributed by atoms with E-state index in [1.807, 2.05) is 36.5 Å². The van der Waals surface area contributed by atoms with Crippen molar-refractivity contribution in [2.24, 2.45) is 0 Å². The zero-order valence-corrected chi connectivity index (χ0v) is 11.0. The van der Waals surface area contributed by atoms with Gasteiger partial charge in [0.05, 0.1) is 10.0 Å².